The second kappa shape index (κ2) is 8.81. The summed E-state index contributed by atoms with van der Waals surface area (Å²) in [7, 11) is 2.99. The molecule has 1 aliphatic heterocycles. The first kappa shape index (κ1) is 23.4. The van der Waals surface area contributed by atoms with Gasteiger partial charge in [0.15, 0.2) is 11.2 Å². The number of aryl methyl sites for hydroxylation is 1. The van der Waals surface area contributed by atoms with Crippen molar-refractivity contribution in [3.63, 3.8) is 0 Å². The van der Waals surface area contributed by atoms with Gasteiger partial charge in [0.25, 0.3) is 5.56 Å². The minimum Gasteiger partial charge on any atom is -0.289 e. The summed E-state index contributed by atoms with van der Waals surface area (Å²) in [4.78, 5) is 43.6. The minimum atomic E-state index is -0.570. The number of nitrogens with zero attached hydrogens (tertiary/aromatic N) is 6. The Kier molecular flexibility index (Phi) is 5.41. The van der Waals surface area contributed by atoms with Gasteiger partial charge in [-0.3, -0.25) is 23.3 Å². The molecule has 0 unspecified atom stereocenters. The van der Waals surface area contributed by atoms with Crippen molar-refractivity contribution in [2.75, 3.05) is 5.01 Å². The first-order chi connectivity index (χ1) is 18.4. The van der Waals surface area contributed by atoms with Gasteiger partial charge in [0, 0.05) is 26.6 Å². The highest BCUT2D eigenvalue weighted by Crippen LogP contribution is 2.36. The van der Waals surface area contributed by atoms with Crippen molar-refractivity contribution in [1.29, 1.82) is 0 Å². The van der Waals surface area contributed by atoms with Crippen molar-refractivity contribution < 1.29 is 4.79 Å². The third-order valence-corrected chi connectivity index (χ3v) is 6.89. The normalized spacial score (nSPS) is 14.9. The molecule has 0 saturated heterocycles. The van der Waals surface area contributed by atoms with Gasteiger partial charge in [0.2, 0.25) is 11.9 Å². The first-order valence-electron chi connectivity index (χ1n) is 12.1. The van der Waals surface area contributed by atoms with Gasteiger partial charge in [0.1, 0.15) is 6.04 Å². The summed E-state index contributed by atoms with van der Waals surface area (Å²) in [6.07, 6.45) is 0. The Labute approximate surface area is 217 Å². The van der Waals surface area contributed by atoms with E-state index in [1.54, 1.807) is 11.6 Å². The van der Waals surface area contributed by atoms with Crippen LogP contribution < -0.4 is 16.3 Å². The summed E-state index contributed by atoms with van der Waals surface area (Å²) in [5, 5.41) is 5.97. The number of carbonyl (C=O) groups excluding carboxylic acids is 1. The van der Waals surface area contributed by atoms with Gasteiger partial charge in [-0.1, -0.05) is 84.9 Å². The number of anilines is 1. The van der Waals surface area contributed by atoms with E-state index in [1.807, 2.05) is 84.9 Å². The summed E-state index contributed by atoms with van der Waals surface area (Å²) < 4.78 is 4.09. The monoisotopic (exact) mass is 504 g/mol. The first-order valence-corrected chi connectivity index (χ1v) is 12.1. The van der Waals surface area contributed by atoms with Crippen molar-refractivity contribution in [3.8, 4) is 11.1 Å². The molecule has 0 N–H and O–H groups in total. The van der Waals surface area contributed by atoms with Gasteiger partial charge < -0.3 is 0 Å². The molecule has 0 aliphatic carbocycles. The van der Waals surface area contributed by atoms with Crippen LogP contribution in [0.25, 0.3) is 22.3 Å². The molecular weight excluding hydrogens is 480 g/mol. The Balaban J connectivity index is 1.64. The van der Waals surface area contributed by atoms with E-state index in [-0.39, 0.29) is 23.0 Å². The summed E-state index contributed by atoms with van der Waals surface area (Å²) >= 11 is 0. The number of hydrazone groups is 1. The lowest BCUT2D eigenvalue weighted by Crippen LogP contribution is -2.40. The smallest absolute Gasteiger partial charge is 0.289 e. The minimum absolute atomic E-state index is 0.185. The van der Waals surface area contributed by atoms with Crippen LogP contribution in [-0.4, -0.2) is 30.3 Å². The van der Waals surface area contributed by atoms with Crippen LogP contribution in [0.15, 0.2) is 99.6 Å². The standard InChI is InChI=1S/C29H24N6O3/c1-18(36)35-28-30-26-25(27(37)33(3)29(38)32(26)2)34(28)24(22-12-8-5-9-13-22)23(31-35)21-16-14-20(15-17-21)19-10-6-4-7-11-19/h4-17,24H,1-3H3/t24-/m1/s1. The van der Waals surface area contributed by atoms with E-state index >= 15 is 0 Å². The summed E-state index contributed by atoms with van der Waals surface area (Å²) in [5.74, 6) is -0.183. The Morgan fingerprint density at radius 2 is 1.34 bits per heavy atom. The highest BCUT2D eigenvalue weighted by Gasteiger charge is 2.37. The third-order valence-electron chi connectivity index (χ3n) is 6.89. The molecule has 9 heteroatoms. The predicted molar refractivity (Wildman–Crippen MR) is 146 cm³/mol. The van der Waals surface area contributed by atoms with Gasteiger partial charge in [-0.15, -0.1) is 0 Å². The van der Waals surface area contributed by atoms with Crippen LogP contribution in [0.2, 0.25) is 0 Å². The number of aromatic nitrogens is 4. The van der Waals surface area contributed by atoms with Crippen LogP contribution in [0, 0.1) is 0 Å². The second-order valence-electron chi connectivity index (χ2n) is 9.23. The molecular formula is C29H24N6O3. The zero-order valence-electron chi connectivity index (χ0n) is 21.1. The number of rotatable bonds is 3. The molecule has 2 aromatic heterocycles. The molecule has 0 saturated carbocycles. The topological polar surface area (TPSA) is 94.5 Å². The Morgan fingerprint density at radius 1 is 0.763 bits per heavy atom. The zero-order valence-corrected chi connectivity index (χ0v) is 21.1. The number of imidazole rings is 1. The van der Waals surface area contributed by atoms with Crippen molar-refractivity contribution in [3.05, 3.63) is 117 Å². The molecule has 3 aromatic carbocycles. The van der Waals surface area contributed by atoms with Crippen molar-refractivity contribution >= 4 is 28.7 Å². The Morgan fingerprint density at radius 3 is 1.97 bits per heavy atom. The third kappa shape index (κ3) is 3.51. The van der Waals surface area contributed by atoms with Crippen LogP contribution in [0.4, 0.5) is 5.95 Å². The van der Waals surface area contributed by atoms with E-state index in [9.17, 15) is 14.4 Å². The highest BCUT2D eigenvalue weighted by molar-refractivity contribution is 6.10. The lowest BCUT2D eigenvalue weighted by atomic mass is 9.94. The van der Waals surface area contributed by atoms with Crippen molar-refractivity contribution in [2.24, 2.45) is 19.2 Å². The van der Waals surface area contributed by atoms with Crippen LogP contribution in [0.3, 0.4) is 0 Å². The Hall–Kier alpha value is -5.05. The van der Waals surface area contributed by atoms with E-state index in [1.165, 1.54) is 23.5 Å². The van der Waals surface area contributed by atoms with Crippen LogP contribution >= 0.6 is 0 Å². The van der Waals surface area contributed by atoms with Crippen molar-refractivity contribution in [2.45, 2.75) is 13.0 Å². The highest BCUT2D eigenvalue weighted by atomic mass is 16.2. The second-order valence-corrected chi connectivity index (χ2v) is 9.23. The SMILES string of the molecule is CC(=O)N1N=C(c2ccc(-c3ccccc3)cc2)[C@@H](c2ccccc2)n2c1nc1c2c(=O)n(C)c(=O)n1C. The molecule has 0 radical (unpaired) electrons. The largest absolute Gasteiger partial charge is 0.332 e. The fraction of sp³-hybridized carbons (Fsp3) is 0.138. The lowest BCUT2D eigenvalue weighted by molar-refractivity contribution is -0.116. The van der Waals surface area contributed by atoms with Gasteiger partial charge in [-0.25, -0.2) is 4.79 Å². The maximum absolute atomic E-state index is 13.5. The summed E-state index contributed by atoms with van der Waals surface area (Å²) in [5.41, 5.74) is 3.78. The van der Waals surface area contributed by atoms with Gasteiger partial charge >= 0.3 is 5.69 Å². The van der Waals surface area contributed by atoms with Gasteiger partial charge in [-0.2, -0.15) is 15.1 Å². The van der Waals surface area contributed by atoms with E-state index in [0.717, 1.165) is 26.8 Å². The number of hydrogen-bond donors (Lipinski definition) is 0. The maximum Gasteiger partial charge on any atom is 0.332 e. The van der Waals surface area contributed by atoms with Crippen LogP contribution in [0.1, 0.15) is 24.1 Å². The molecule has 38 heavy (non-hydrogen) atoms. The van der Waals surface area contributed by atoms with Crippen LogP contribution in [-0.2, 0) is 18.9 Å². The van der Waals surface area contributed by atoms with Gasteiger partial charge in [0.05, 0.1) is 5.71 Å². The lowest BCUT2D eigenvalue weighted by Gasteiger charge is -2.31. The average Bonchev–Trinajstić information content (AvgIpc) is 3.35. The molecule has 1 aliphatic rings. The molecule has 9 nitrogen and oxygen atoms in total. The summed E-state index contributed by atoms with van der Waals surface area (Å²) in [6, 6.07) is 27.1. The quantitative estimate of drug-likeness (QED) is 0.376. The number of hydrogen-bond acceptors (Lipinski definition) is 5. The molecule has 0 spiro atoms. The molecule has 0 bridgehead atoms. The van der Waals surface area contributed by atoms with E-state index in [0.29, 0.717) is 5.71 Å². The fourth-order valence-electron chi connectivity index (χ4n) is 4.96. The summed E-state index contributed by atoms with van der Waals surface area (Å²) in [6.45, 7) is 1.39. The van der Waals surface area contributed by atoms with E-state index in [4.69, 9.17) is 5.10 Å². The molecule has 0 fully saturated rings. The van der Waals surface area contributed by atoms with E-state index in [2.05, 4.69) is 4.98 Å². The van der Waals surface area contributed by atoms with E-state index < -0.39 is 17.3 Å². The molecule has 188 valence electrons. The van der Waals surface area contributed by atoms with Gasteiger partial charge in [-0.05, 0) is 16.7 Å². The fourth-order valence-corrected chi connectivity index (χ4v) is 4.96. The number of carbonyl (C=O) groups is 1. The maximum atomic E-state index is 13.5. The number of benzene rings is 3. The number of amides is 1. The van der Waals surface area contributed by atoms with Crippen molar-refractivity contribution in [1.82, 2.24) is 18.7 Å². The number of fused-ring (bicyclic) bond motifs is 3. The zero-order chi connectivity index (χ0) is 26.6. The Bertz CT molecular complexity index is 1850. The molecule has 1 amide bonds. The molecule has 3 heterocycles. The molecule has 1 atom stereocenters. The molecule has 5 aromatic rings. The average molecular weight is 505 g/mol. The predicted octanol–water partition coefficient (Wildman–Crippen LogP) is 3.46. The van der Waals surface area contributed by atoms with Crippen LogP contribution in [0.5, 0.6) is 0 Å². The molecule has 6 rings (SSSR count).